The van der Waals surface area contributed by atoms with E-state index >= 15 is 0 Å². The number of rotatable bonds is 8. The summed E-state index contributed by atoms with van der Waals surface area (Å²) >= 11 is 0. The first kappa shape index (κ1) is 29.0. The summed E-state index contributed by atoms with van der Waals surface area (Å²) in [4.78, 5) is 18.7. The molecule has 1 saturated heterocycles. The number of fused-ring (bicyclic) bond motifs is 2. The molecule has 0 radical (unpaired) electrons. The maximum atomic E-state index is 14.6. The maximum Gasteiger partial charge on any atom is 0.164 e. The minimum Gasteiger partial charge on any atom is -0.387 e. The van der Waals surface area contributed by atoms with Gasteiger partial charge >= 0.3 is 0 Å². The van der Waals surface area contributed by atoms with Crippen molar-refractivity contribution < 1.29 is 19.3 Å². The average Bonchev–Trinajstić information content (AvgIpc) is 3.55. The molecule has 1 aliphatic carbocycles. The van der Waals surface area contributed by atoms with Crippen LogP contribution in [0, 0.1) is 11.7 Å². The summed E-state index contributed by atoms with van der Waals surface area (Å²) in [6.45, 7) is 11.4. The number of aromatic amines is 1. The Morgan fingerprint density at radius 2 is 1.95 bits per heavy atom. The number of imidazole rings is 1. The van der Waals surface area contributed by atoms with Crippen molar-refractivity contribution in [2.24, 2.45) is 5.92 Å². The molecule has 4 aromatic rings. The van der Waals surface area contributed by atoms with Crippen molar-refractivity contribution in [2.75, 3.05) is 12.3 Å². The normalized spacial score (nSPS) is 26.6. The molecule has 0 bridgehead atoms. The minimum atomic E-state index is -1.24. The lowest BCUT2D eigenvalue weighted by Crippen LogP contribution is -2.52. The minimum absolute atomic E-state index is 0.0151. The van der Waals surface area contributed by atoms with Crippen LogP contribution in [0.3, 0.4) is 0 Å². The van der Waals surface area contributed by atoms with E-state index in [1.165, 1.54) is 22.7 Å². The fourth-order valence-corrected chi connectivity index (χ4v) is 6.55. The summed E-state index contributed by atoms with van der Waals surface area (Å²) in [5.74, 6) is 1.05. The second-order valence-electron chi connectivity index (χ2n) is 13.4. The van der Waals surface area contributed by atoms with Crippen molar-refractivity contribution in [3.63, 3.8) is 0 Å². The molecule has 1 saturated carbocycles. The number of aromatic nitrogens is 5. The number of aliphatic hydroxyl groups excluding tert-OH is 2. The zero-order chi connectivity index (χ0) is 29.9. The van der Waals surface area contributed by atoms with Crippen LogP contribution in [0.2, 0.25) is 0 Å². The molecular weight excluding hydrogens is 537 g/mol. The predicted molar refractivity (Wildman–Crippen MR) is 159 cm³/mol. The second-order valence-corrected chi connectivity index (χ2v) is 13.4. The zero-order valence-corrected chi connectivity index (χ0v) is 25.0. The molecule has 2 fully saturated rings. The number of H-pyrrole nitrogens is 1. The van der Waals surface area contributed by atoms with Crippen molar-refractivity contribution in [1.82, 2.24) is 29.4 Å². The van der Waals surface area contributed by atoms with Gasteiger partial charge in [-0.15, -0.1) is 0 Å². The number of nitrogens with zero attached hydrogens (tertiary/aromatic N) is 5. The van der Waals surface area contributed by atoms with Crippen LogP contribution >= 0.6 is 0 Å². The van der Waals surface area contributed by atoms with Crippen molar-refractivity contribution in [3.8, 4) is 0 Å². The molecule has 0 amide bonds. The molecule has 226 valence electrons. The number of hydrogen-bond donors (Lipinski definition) is 4. The Balaban J connectivity index is 1.07. The van der Waals surface area contributed by atoms with Crippen LogP contribution in [0.4, 0.5) is 10.2 Å². The van der Waals surface area contributed by atoms with Gasteiger partial charge in [0.1, 0.15) is 36.3 Å². The van der Waals surface area contributed by atoms with E-state index in [9.17, 15) is 14.6 Å². The number of ether oxygens (including phenoxy) is 1. The lowest BCUT2D eigenvalue weighted by atomic mass is 9.76. The number of anilines is 1. The molecule has 4 heterocycles. The molecule has 6 rings (SSSR count). The Morgan fingerprint density at radius 3 is 2.67 bits per heavy atom. The quantitative estimate of drug-likeness (QED) is 0.245. The summed E-state index contributed by atoms with van der Waals surface area (Å²) in [7, 11) is 0. The van der Waals surface area contributed by atoms with E-state index < -0.39 is 30.4 Å². The SMILES string of the molecule is CC(C)N(C[C@H]1O[C@@H](n2cc(F)c3c(N)ncnc32)[C@H](O)[C@@H]1O)[C@H]1C[C@@H](CCc2nc3cc(C(C)(C)C)ccc3[nH]2)C1. The second kappa shape index (κ2) is 10.9. The lowest BCUT2D eigenvalue weighted by molar-refractivity contribution is -0.0620. The van der Waals surface area contributed by atoms with Gasteiger partial charge in [-0.2, -0.15) is 0 Å². The van der Waals surface area contributed by atoms with Gasteiger partial charge in [-0.3, -0.25) is 4.90 Å². The van der Waals surface area contributed by atoms with Crippen LogP contribution in [0.25, 0.3) is 22.1 Å². The third-order valence-electron chi connectivity index (χ3n) is 9.13. The molecule has 10 nitrogen and oxygen atoms in total. The molecule has 42 heavy (non-hydrogen) atoms. The lowest BCUT2D eigenvalue weighted by Gasteiger charge is -2.46. The molecule has 1 aromatic carbocycles. The summed E-state index contributed by atoms with van der Waals surface area (Å²) in [5.41, 5.74) is 9.55. The van der Waals surface area contributed by atoms with Crippen molar-refractivity contribution in [1.29, 1.82) is 0 Å². The van der Waals surface area contributed by atoms with Gasteiger partial charge in [-0.25, -0.2) is 19.3 Å². The maximum absolute atomic E-state index is 14.6. The topological polar surface area (TPSA) is 138 Å². The first-order valence-corrected chi connectivity index (χ1v) is 14.9. The first-order chi connectivity index (χ1) is 19.9. The number of benzene rings is 1. The van der Waals surface area contributed by atoms with Gasteiger partial charge in [-0.05, 0) is 62.1 Å². The third-order valence-corrected chi connectivity index (χ3v) is 9.13. The molecule has 5 N–H and O–H groups in total. The van der Waals surface area contributed by atoms with Crippen LogP contribution < -0.4 is 5.73 Å². The number of nitrogen functional groups attached to an aromatic ring is 1. The number of hydrogen-bond acceptors (Lipinski definition) is 8. The summed E-state index contributed by atoms with van der Waals surface area (Å²) in [6, 6.07) is 7.09. The Bertz CT molecular complexity index is 1570. The summed E-state index contributed by atoms with van der Waals surface area (Å²) in [5, 5.41) is 21.9. The molecule has 1 aliphatic heterocycles. The van der Waals surface area contributed by atoms with Crippen LogP contribution in [0.1, 0.15) is 71.5 Å². The number of halogens is 1. The Kier molecular flexibility index (Phi) is 7.49. The van der Waals surface area contributed by atoms with Gasteiger partial charge in [0, 0.05) is 31.2 Å². The zero-order valence-electron chi connectivity index (χ0n) is 25.0. The van der Waals surface area contributed by atoms with E-state index in [0.29, 0.717) is 18.5 Å². The predicted octanol–water partition coefficient (Wildman–Crippen LogP) is 4.07. The van der Waals surface area contributed by atoms with Crippen molar-refractivity contribution in [2.45, 2.75) is 102 Å². The van der Waals surface area contributed by atoms with Gasteiger partial charge in [0.25, 0.3) is 0 Å². The van der Waals surface area contributed by atoms with E-state index in [1.54, 1.807) is 0 Å². The highest BCUT2D eigenvalue weighted by atomic mass is 19.1. The molecule has 0 spiro atoms. The Morgan fingerprint density at radius 1 is 1.19 bits per heavy atom. The van der Waals surface area contributed by atoms with Gasteiger partial charge in [0.2, 0.25) is 0 Å². The van der Waals surface area contributed by atoms with E-state index in [4.69, 9.17) is 15.5 Å². The van der Waals surface area contributed by atoms with E-state index in [0.717, 1.165) is 42.5 Å². The molecule has 3 aromatic heterocycles. The first-order valence-electron chi connectivity index (χ1n) is 14.9. The molecule has 2 aliphatic rings. The molecule has 0 unspecified atom stereocenters. The third kappa shape index (κ3) is 5.27. The number of aryl methyl sites for hydroxylation is 1. The summed E-state index contributed by atoms with van der Waals surface area (Å²) in [6.07, 6.45) is 2.54. The van der Waals surface area contributed by atoms with E-state index in [1.807, 2.05) is 0 Å². The van der Waals surface area contributed by atoms with Gasteiger partial charge in [0.05, 0.1) is 16.4 Å². The van der Waals surface area contributed by atoms with Crippen molar-refractivity contribution >= 4 is 27.9 Å². The number of nitrogens with two attached hydrogens (primary N) is 1. The van der Waals surface area contributed by atoms with Crippen molar-refractivity contribution in [3.05, 3.63) is 47.9 Å². The van der Waals surface area contributed by atoms with Gasteiger partial charge < -0.3 is 30.2 Å². The molecular formula is C31H42FN7O3. The van der Waals surface area contributed by atoms with E-state index in [2.05, 4.69) is 72.7 Å². The molecule has 4 atom stereocenters. The Labute approximate surface area is 245 Å². The smallest absolute Gasteiger partial charge is 0.164 e. The standard InChI is InChI=1S/C31H42FN7O3/c1-16(2)38(14-23-26(40)27(41)30(42-23)39-13-20(32)25-28(33)34-15-35-29(25)39)19-10-17(11-19)6-9-24-36-21-8-7-18(31(3,4)5)12-22(21)37-24/h7-8,12-13,15-17,19,23,26-27,30,40-41H,6,9-11,14H2,1-5H3,(H,36,37)(H2,33,34,35)/t17-,19+,23-,26-,27-,30-/m1/s1. The highest BCUT2D eigenvalue weighted by Gasteiger charge is 2.46. The number of aliphatic hydroxyl groups is 2. The highest BCUT2D eigenvalue weighted by Crippen LogP contribution is 2.39. The Hall–Kier alpha value is -3.12. The van der Waals surface area contributed by atoms with Crippen LogP contribution in [0.5, 0.6) is 0 Å². The largest absolute Gasteiger partial charge is 0.387 e. The highest BCUT2D eigenvalue weighted by molar-refractivity contribution is 5.86. The van der Waals surface area contributed by atoms with Gasteiger partial charge in [0.15, 0.2) is 17.7 Å². The fourth-order valence-electron chi connectivity index (χ4n) is 6.55. The van der Waals surface area contributed by atoms with E-state index in [-0.39, 0.29) is 28.3 Å². The fraction of sp³-hybridized carbons (Fsp3) is 0.581. The van der Waals surface area contributed by atoms with Crippen LogP contribution in [0.15, 0.2) is 30.7 Å². The summed E-state index contributed by atoms with van der Waals surface area (Å²) < 4.78 is 22.2. The van der Waals surface area contributed by atoms with Crippen LogP contribution in [-0.2, 0) is 16.6 Å². The average molecular weight is 580 g/mol. The van der Waals surface area contributed by atoms with Gasteiger partial charge in [-0.1, -0.05) is 26.8 Å². The monoisotopic (exact) mass is 579 g/mol. The van der Waals surface area contributed by atoms with Crippen LogP contribution in [-0.4, -0.2) is 76.6 Å². The molecule has 11 heteroatoms. The number of nitrogens with one attached hydrogen (secondary N) is 1.